The van der Waals surface area contributed by atoms with Crippen LogP contribution in [0.15, 0.2) is 0 Å². The van der Waals surface area contributed by atoms with Gasteiger partial charge in [-0.05, 0) is 52.1 Å². The highest BCUT2D eigenvalue weighted by Gasteiger charge is 2.42. The molecule has 0 bridgehead atoms. The van der Waals surface area contributed by atoms with Gasteiger partial charge in [-0.25, -0.2) is 0 Å². The van der Waals surface area contributed by atoms with E-state index < -0.39 is 0 Å². The summed E-state index contributed by atoms with van der Waals surface area (Å²) in [6.07, 6.45) is 12.1. The number of unbranched alkanes of at least 4 members (excludes halogenated alkanes) is 2. The van der Waals surface area contributed by atoms with Crippen LogP contribution in [-0.2, 0) is 4.74 Å². The Morgan fingerprint density at radius 1 is 1.17 bits per heavy atom. The number of halogens is 1. The van der Waals surface area contributed by atoms with Gasteiger partial charge in [-0.2, -0.15) is 0 Å². The first-order valence-electron chi connectivity index (χ1n) is 7.66. The number of hydrogen-bond donors (Lipinski definition) is 0. The molecule has 1 saturated carbocycles. The van der Waals surface area contributed by atoms with E-state index in [0.717, 1.165) is 18.8 Å². The molecule has 1 unspecified atom stereocenters. The van der Waals surface area contributed by atoms with Crippen molar-refractivity contribution in [2.45, 2.75) is 69.5 Å². The molecule has 2 nitrogen and oxygen atoms in total. The zero-order valence-electron chi connectivity index (χ0n) is 11.8. The highest BCUT2D eigenvalue weighted by molar-refractivity contribution is 6.17. The summed E-state index contributed by atoms with van der Waals surface area (Å²) in [6, 6.07) is 0. The second-order valence-corrected chi connectivity index (χ2v) is 6.56. The zero-order chi connectivity index (χ0) is 12.8. The third-order valence-electron chi connectivity index (χ3n) is 4.54. The molecular weight excluding hydrogens is 246 g/mol. The van der Waals surface area contributed by atoms with Crippen LogP contribution in [0.2, 0.25) is 0 Å². The Bertz CT molecular complexity index is 241. The Kier molecular flexibility index (Phi) is 5.78. The summed E-state index contributed by atoms with van der Waals surface area (Å²) in [5.74, 6) is 0.804. The van der Waals surface area contributed by atoms with Gasteiger partial charge in [0.25, 0.3) is 0 Å². The van der Waals surface area contributed by atoms with E-state index in [-0.39, 0.29) is 0 Å². The van der Waals surface area contributed by atoms with Crippen molar-refractivity contribution < 1.29 is 4.74 Å². The smallest absolute Gasteiger partial charge is 0.0710 e. The van der Waals surface area contributed by atoms with Gasteiger partial charge in [0.15, 0.2) is 0 Å². The van der Waals surface area contributed by atoms with Crippen molar-refractivity contribution in [3.05, 3.63) is 0 Å². The second kappa shape index (κ2) is 7.12. The van der Waals surface area contributed by atoms with E-state index in [9.17, 15) is 0 Å². The Morgan fingerprint density at radius 3 is 2.67 bits per heavy atom. The summed E-state index contributed by atoms with van der Waals surface area (Å²) < 4.78 is 6.35. The van der Waals surface area contributed by atoms with Gasteiger partial charge in [-0.1, -0.05) is 19.3 Å². The van der Waals surface area contributed by atoms with E-state index in [4.69, 9.17) is 16.3 Å². The van der Waals surface area contributed by atoms with Crippen LogP contribution >= 0.6 is 11.6 Å². The van der Waals surface area contributed by atoms with Gasteiger partial charge in [0, 0.05) is 12.4 Å². The summed E-state index contributed by atoms with van der Waals surface area (Å²) in [5, 5.41) is 0. The van der Waals surface area contributed by atoms with E-state index in [1.165, 1.54) is 57.9 Å². The molecule has 0 amide bonds. The van der Waals surface area contributed by atoms with Crippen LogP contribution in [0.4, 0.5) is 0 Å². The van der Waals surface area contributed by atoms with Gasteiger partial charge in [-0.3, -0.25) is 0 Å². The minimum atomic E-state index is 0.296. The van der Waals surface area contributed by atoms with Gasteiger partial charge in [0.05, 0.1) is 11.7 Å². The maximum atomic E-state index is 6.35. The third-order valence-corrected chi connectivity index (χ3v) is 4.81. The zero-order valence-corrected chi connectivity index (χ0v) is 12.6. The SMILES string of the molecule is CN(CCCCCCl)CC1CCC2(CCCC2)O1. The molecule has 2 rings (SSSR count). The molecule has 0 radical (unpaired) electrons. The Balaban J connectivity index is 1.61. The van der Waals surface area contributed by atoms with Gasteiger partial charge >= 0.3 is 0 Å². The number of likely N-dealkylation sites (N-methyl/N-ethyl adjacent to an activating group) is 1. The maximum Gasteiger partial charge on any atom is 0.0710 e. The fourth-order valence-corrected chi connectivity index (χ4v) is 3.69. The molecular formula is C15H28ClNO. The lowest BCUT2D eigenvalue weighted by Crippen LogP contribution is -2.32. The van der Waals surface area contributed by atoms with Crippen LogP contribution in [0, 0.1) is 0 Å². The largest absolute Gasteiger partial charge is 0.370 e. The average molecular weight is 274 g/mol. The summed E-state index contributed by atoms with van der Waals surface area (Å²) in [6.45, 7) is 2.30. The normalized spacial score (nSPS) is 26.5. The molecule has 0 N–H and O–H groups in total. The third kappa shape index (κ3) is 4.11. The van der Waals surface area contributed by atoms with E-state index in [2.05, 4.69) is 11.9 Å². The molecule has 18 heavy (non-hydrogen) atoms. The van der Waals surface area contributed by atoms with Gasteiger partial charge < -0.3 is 9.64 Å². The Labute approximate surface area is 117 Å². The topological polar surface area (TPSA) is 12.5 Å². The van der Waals surface area contributed by atoms with Crippen LogP contribution in [-0.4, -0.2) is 42.6 Å². The summed E-state index contributed by atoms with van der Waals surface area (Å²) in [4.78, 5) is 2.44. The molecule has 1 heterocycles. The lowest BCUT2D eigenvalue weighted by Gasteiger charge is -2.26. The standard InChI is InChI=1S/C15H28ClNO/c1-17(12-6-2-5-11-16)13-14-7-10-15(18-14)8-3-4-9-15/h14H,2-13H2,1H3. The highest BCUT2D eigenvalue weighted by atomic mass is 35.5. The lowest BCUT2D eigenvalue weighted by atomic mass is 9.98. The van der Waals surface area contributed by atoms with Crippen molar-refractivity contribution >= 4 is 11.6 Å². The van der Waals surface area contributed by atoms with Crippen molar-refractivity contribution in [2.24, 2.45) is 0 Å². The fourth-order valence-electron chi connectivity index (χ4n) is 3.50. The number of alkyl halides is 1. The van der Waals surface area contributed by atoms with E-state index in [1.807, 2.05) is 0 Å². The molecule has 0 aromatic carbocycles. The van der Waals surface area contributed by atoms with Crippen molar-refractivity contribution in [2.75, 3.05) is 26.0 Å². The first-order valence-corrected chi connectivity index (χ1v) is 8.20. The fraction of sp³-hybridized carbons (Fsp3) is 1.00. The highest BCUT2D eigenvalue weighted by Crippen LogP contribution is 2.43. The van der Waals surface area contributed by atoms with Gasteiger partial charge in [0.1, 0.15) is 0 Å². The molecule has 0 aromatic heterocycles. The molecule has 2 fully saturated rings. The molecule has 1 aliphatic heterocycles. The molecule has 1 saturated heterocycles. The Hall–Kier alpha value is 0.210. The van der Waals surface area contributed by atoms with Crippen LogP contribution in [0.5, 0.6) is 0 Å². The molecule has 1 spiro atoms. The minimum Gasteiger partial charge on any atom is -0.370 e. The van der Waals surface area contributed by atoms with Crippen molar-refractivity contribution in [1.29, 1.82) is 0 Å². The number of ether oxygens (including phenoxy) is 1. The molecule has 3 heteroatoms. The van der Waals surface area contributed by atoms with Crippen molar-refractivity contribution in [1.82, 2.24) is 4.90 Å². The Morgan fingerprint density at radius 2 is 1.94 bits per heavy atom. The number of hydrogen-bond acceptors (Lipinski definition) is 2. The van der Waals surface area contributed by atoms with E-state index in [1.54, 1.807) is 0 Å². The molecule has 106 valence electrons. The van der Waals surface area contributed by atoms with E-state index in [0.29, 0.717) is 11.7 Å². The summed E-state index contributed by atoms with van der Waals surface area (Å²) >= 11 is 5.69. The van der Waals surface area contributed by atoms with E-state index >= 15 is 0 Å². The average Bonchev–Trinajstić information content (AvgIpc) is 2.96. The van der Waals surface area contributed by atoms with Crippen LogP contribution in [0.1, 0.15) is 57.8 Å². The molecule has 1 atom stereocenters. The van der Waals surface area contributed by atoms with Crippen molar-refractivity contribution in [3.8, 4) is 0 Å². The van der Waals surface area contributed by atoms with Crippen LogP contribution in [0.25, 0.3) is 0 Å². The lowest BCUT2D eigenvalue weighted by molar-refractivity contribution is -0.0451. The first kappa shape index (κ1) is 14.6. The van der Waals surface area contributed by atoms with Crippen LogP contribution in [0.3, 0.4) is 0 Å². The predicted octanol–water partition coefficient (Wildman–Crippen LogP) is 3.82. The minimum absolute atomic E-state index is 0.296. The summed E-state index contributed by atoms with van der Waals surface area (Å²) in [5.41, 5.74) is 0.296. The number of nitrogens with zero attached hydrogens (tertiary/aromatic N) is 1. The quantitative estimate of drug-likeness (QED) is 0.516. The predicted molar refractivity (Wildman–Crippen MR) is 77.4 cm³/mol. The maximum absolute atomic E-state index is 6.35. The monoisotopic (exact) mass is 273 g/mol. The molecule has 0 aromatic rings. The van der Waals surface area contributed by atoms with Crippen LogP contribution < -0.4 is 0 Å². The van der Waals surface area contributed by atoms with Gasteiger partial charge in [-0.15, -0.1) is 11.6 Å². The van der Waals surface area contributed by atoms with Gasteiger partial charge in [0.2, 0.25) is 0 Å². The summed E-state index contributed by atoms with van der Waals surface area (Å²) in [7, 11) is 2.23. The molecule has 2 aliphatic rings. The number of rotatable bonds is 7. The first-order chi connectivity index (χ1) is 8.74. The van der Waals surface area contributed by atoms with Crippen molar-refractivity contribution in [3.63, 3.8) is 0 Å². The second-order valence-electron chi connectivity index (χ2n) is 6.18. The molecule has 1 aliphatic carbocycles.